The van der Waals surface area contributed by atoms with Crippen LogP contribution in [-0.4, -0.2) is 10.8 Å². The molecule has 2 nitrogen and oxygen atoms in total. The molecule has 1 heterocycles. The number of hydrogen-bond acceptors (Lipinski definition) is 2. The number of carbonyl (C=O) groups excluding carboxylic acids is 1. The van der Waals surface area contributed by atoms with Crippen molar-refractivity contribution in [2.75, 3.05) is 0 Å². The number of carbonyl (C=O) groups is 1. The first-order valence-corrected chi connectivity index (χ1v) is 5.06. The van der Waals surface area contributed by atoms with Gasteiger partial charge in [0.05, 0.1) is 16.8 Å². The normalized spacial score (nSPS) is 10.3. The van der Waals surface area contributed by atoms with Crippen molar-refractivity contribution in [3.05, 3.63) is 64.4 Å². The zero-order valence-corrected chi connectivity index (χ0v) is 9.21. The summed E-state index contributed by atoms with van der Waals surface area (Å²) in [6, 6.07) is 4.74. The van der Waals surface area contributed by atoms with Crippen LogP contribution in [0.4, 0.5) is 8.78 Å². The molecule has 0 unspecified atom stereocenters. The standard InChI is InChI=1S/C12H6ClF2NO/c13-9-5-7(1-2-10(9)14)12(17)8-3-4-16-6-11(8)15/h1-6H. The van der Waals surface area contributed by atoms with Gasteiger partial charge in [-0.1, -0.05) is 11.6 Å². The van der Waals surface area contributed by atoms with Gasteiger partial charge in [0.1, 0.15) is 5.82 Å². The second-order valence-electron chi connectivity index (χ2n) is 3.31. The molecule has 0 aliphatic rings. The van der Waals surface area contributed by atoms with Crippen molar-refractivity contribution in [2.45, 2.75) is 0 Å². The van der Waals surface area contributed by atoms with Crippen molar-refractivity contribution >= 4 is 17.4 Å². The Morgan fingerprint density at radius 2 is 1.94 bits per heavy atom. The van der Waals surface area contributed by atoms with Gasteiger partial charge in [0, 0.05) is 11.8 Å². The number of nitrogens with zero attached hydrogens (tertiary/aromatic N) is 1. The largest absolute Gasteiger partial charge is 0.288 e. The lowest BCUT2D eigenvalue weighted by Gasteiger charge is -2.03. The van der Waals surface area contributed by atoms with E-state index in [2.05, 4.69) is 4.98 Å². The predicted octanol–water partition coefficient (Wildman–Crippen LogP) is 3.24. The van der Waals surface area contributed by atoms with E-state index in [9.17, 15) is 13.6 Å². The number of benzene rings is 1. The van der Waals surface area contributed by atoms with Gasteiger partial charge in [-0.2, -0.15) is 0 Å². The lowest BCUT2D eigenvalue weighted by Crippen LogP contribution is -2.04. The van der Waals surface area contributed by atoms with Crippen molar-refractivity contribution in [1.29, 1.82) is 0 Å². The molecule has 0 saturated heterocycles. The summed E-state index contributed by atoms with van der Waals surface area (Å²) in [7, 11) is 0. The zero-order chi connectivity index (χ0) is 12.4. The molecule has 1 aromatic heterocycles. The van der Waals surface area contributed by atoms with Crippen LogP contribution in [0.5, 0.6) is 0 Å². The summed E-state index contributed by atoms with van der Waals surface area (Å²) in [6.45, 7) is 0. The van der Waals surface area contributed by atoms with Crippen molar-refractivity contribution < 1.29 is 13.6 Å². The summed E-state index contributed by atoms with van der Waals surface area (Å²) >= 11 is 5.55. The molecule has 0 aliphatic heterocycles. The quantitative estimate of drug-likeness (QED) is 0.769. The first-order valence-electron chi connectivity index (χ1n) is 4.69. The molecule has 0 fully saturated rings. The molecule has 0 atom stereocenters. The summed E-state index contributed by atoms with van der Waals surface area (Å²) in [6.07, 6.45) is 2.25. The molecule has 2 aromatic rings. The lowest BCUT2D eigenvalue weighted by atomic mass is 10.0. The zero-order valence-electron chi connectivity index (χ0n) is 8.45. The van der Waals surface area contributed by atoms with E-state index in [1.807, 2.05) is 0 Å². The average molecular weight is 254 g/mol. The summed E-state index contributed by atoms with van der Waals surface area (Å²) in [5, 5.41) is -0.176. The molecule has 0 saturated carbocycles. The Balaban J connectivity index is 2.44. The van der Waals surface area contributed by atoms with Gasteiger partial charge in [-0.05, 0) is 24.3 Å². The third-order valence-electron chi connectivity index (χ3n) is 2.20. The fraction of sp³-hybridized carbons (Fsp3) is 0. The van der Waals surface area contributed by atoms with Crippen molar-refractivity contribution in [1.82, 2.24) is 4.98 Å². The Hall–Kier alpha value is -1.81. The van der Waals surface area contributed by atoms with Crippen LogP contribution in [0, 0.1) is 11.6 Å². The average Bonchev–Trinajstić information content (AvgIpc) is 2.32. The van der Waals surface area contributed by atoms with Gasteiger partial charge in [0.15, 0.2) is 11.6 Å². The van der Waals surface area contributed by atoms with Crippen LogP contribution >= 0.6 is 11.6 Å². The second kappa shape index (κ2) is 4.59. The maximum atomic E-state index is 13.3. The smallest absolute Gasteiger partial charge is 0.196 e. The maximum Gasteiger partial charge on any atom is 0.196 e. The minimum atomic E-state index is -0.724. The molecular formula is C12H6ClF2NO. The van der Waals surface area contributed by atoms with E-state index in [4.69, 9.17) is 11.6 Å². The maximum absolute atomic E-state index is 13.3. The molecule has 17 heavy (non-hydrogen) atoms. The number of aromatic nitrogens is 1. The van der Waals surface area contributed by atoms with E-state index in [0.717, 1.165) is 12.3 Å². The van der Waals surface area contributed by atoms with Gasteiger partial charge in [0.2, 0.25) is 0 Å². The molecular weight excluding hydrogens is 248 g/mol. The van der Waals surface area contributed by atoms with Crippen LogP contribution in [-0.2, 0) is 0 Å². The summed E-state index contributed by atoms with van der Waals surface area (Å²) in [5.41, 5.74) is 0.00387. The highest BCUT2D eigenvalue weighted by molar-refractivity contribution is 6.31. The molecule has 2 rings (SSSR count). The van der Waals surface area contributed by atoms with Crippen LogP contribution in [0.3, 0.4) is 0 Å². The fourth-order valence-electron chi connectivity index (χ4n) is 1.35. The number of halogens is 3. The molecule has 0 spiro atoms. The van der Waals surface area contributed by atoms with E-state index < -0.39 is 17.4 Å². The van der Waals surface area contributed by atoms with Crippen LogP contribution in [0.1, 0.15) is 15.9 Å². The van der Waals surface area contributed by atoms with Gasteiger partial charge >= 0.3 is 0 Å². The van der Waals surface area contributed by atoms with E-state index in [1.54, 1.807) is 0 Å². The lowest BCUT2D eigenvalue weighted by molar-refractivity contribution is 0.103. The molecule has 0 N–H and O–H groups in total. The van der Waals surface area contributed by atoms with Crippen molar-refractivity contribution in [2.24, 2.45) is 0 Å². The molecule has 86 valence electrons. The van der Waals surface area contributed by atoms with E-state index in [-0.39, 0.29) is 16.1 Å². The summed E-state index contributed by atoms with van der Waals surface area (Å²) < 4.78 is 26.2. The SMILES string of the molecule is O=C(c1ccc(F)c(Cl)c1)c1ccncc1F. The van der Waals surface area contributed by atoms with E-state index in [1.165, 1.54) is 24.4 Å². The molecule has 0 amide bonds. The number of hydrogen-bond donors (Lipinski definition) is 0. The Kier molecular flexibility index (Phi) is 3.15. The van der Waals surface area contributed by atoms with Crippen molar-refractivity contribution in [3.8, 4) is 0 Å². The third kappa shape index (κ3) is 2.31. The minimum Gasteiger partial charge on any atom is -0.288 e. The van der Waals surface area contributed by atoms with Crippen molar-refractivity contribution in [3.63, 3.8) is 0 Å². The summed E-state index contributed by atoms with van der Waals surface area (Å²) in [5.74, 6) is -1.91. The fourth-order valence-corrected chi connectivity index (χ4v) is 1.53. The van der Waals surface area contributed by atoms with Crippen LogP contribution in [0.2, 0.25) is 5.02 Å². The Bertz CT molecular complexity index is 586. The Morgan fingerprint density at radius 3 is 2.59 bits per heavy atom. The topological polar surface area (TPSA) is 30.0 Å². The number of rotatable bonds is 2. The Labute approximate surface area is 101 Å². The monoisotopic (exact) mass is 253 g/mol. The van der Waals surface area contributed by atoms with Gasteiger partial charge in [-0.15, -0.1) is 0 Å². The molecule has 5 heteroatoms. The van der Waals surface area contributed by atoms with Gasteiger partial charge < -0.3 is 0 Å². The first kappa shape index (κ1) is 11.7. The summed E-state index contributed by atoms with van der Waals surface area (Å²) in [4.78, 5) is 15.4. The predicted molar refractivity (Wildman–Crippen MR) is 59.0 cm³/mol. The van der Waals surface area contributed by atoms with E-state index in [0.29, 0.717) is 0 Å². The van der Waals surface area contributed by atoms with Crippen LogP contribution < -0.4 is 0 Å². The van der Waals surface area contributed by atoms with E-state index >= 15 is 0 Å². The number of pyridine rings is 1. The number of ketones is 1. The minimum absolute atomic E-state index is 0.123. The molecule has 1 aromatic carbocycles. The highest BCUT2D eigenvalue weighted by atomic mass is 35.5. The van der Waals surface area contributed by atoms with Gasteiger partial charge in [-0.25, -0.2) is 8.78 Å². The Morgan fingerprint density at radius 1 is 1.18 bits per heavy atom. The highest BCUT2D eigenvalue weighted by Gasteiger charge is 2.14. The highest BCUT2D eigenvalue weighted by Crippen LogP contribution is 2.19. The molecule has 0 bridgehead atoms. The molecule has 0 aliphatic carbocycles. The first-order chi connectivity index (χ1) is 8.09. The molecule has 0 radical (unpaired) electrons. The van der Waals surface area contributed by atoms with Gasteiger partial charge in [0.25, 0.3) is 0 Å². The van der Waals surface area contributed by atoms with Gasteiger partial charge in [-0.3, -0.25) is 9.78 Å². The van der Waals surface area contributed by atoms with Crippen LogP contribution in [0.15, 0.2) is 36.7 Å². The third-order valence-corrected chi connectivity index (χ3v) is 2.49. The van der Waals surface area contributed by atoms with Crippen LogP contribution in [0.25, 0.3) is 0 Å². The second-order valence-corrected chi connectivity index (χ2v) is 3.72.